The van der Waals surface area contributed by atoms with Crippen LogP contribution < -0.4 is 16.0 Å². The van der Waals surface area contributed by atoms with Gasteiger partial charge in [-0.15, -0.1) is 0 Å². The first kappa shape index (κ1) is 32.0. The Bertz CT molecular complexity index is 1640. The Balaban J connectivity index is 1.41. The Morgan fingerprint density at radius 1 is 0.935 bits per heavy atom. The van der Waals surface area contributed by atoms with Crippen LogP contribution in [0, 0.1) is 0 Å². The van der Waals surface area contributed by atoms with Crippen molar-refractivity contribution in [1.29, 1.82) is 0 Å². The van der Waals surface area contributed by atoms with E-state index in [9.17, 15) is 19.2 Å². The second-order valence-electron chi connectivity index (χ2n) is 11.0. The average Bonchev–Trinajstić information content (AvgIpc) is 3.63. The van der Waals surface area contributed by atoms with E-state index >= 15 is 0 Å². The van der Waals surface area contributed by atoms with Crippen LogP contribution >= 0.6 is 0 Å². The van der Waals surface area contributed by atoms with Gasteiger partial charge in [-0.2, -0.15) is 0 Å². The SMILES string of the molecule is COC(=O)C1(N(C(=O)c2ccco2)c2cccc(NC(N)=O)c2)CCN(CC(C(=O)OCc2ccccc2)c2ccccc2)CC1. The third-order valence-corrected chi connectivity index (χ3v) is 8.13. The van der Waals surface area contributed by atoms with Gasteiger partial charge < -0.3 is 29.8 Å². The Hall–Kier alpha value is -5.42. The van der Waals surface area contributed by atoms with E-state index in [1.165, 1.54) is 24.3 Å². The van der Waals surface area contributed by atoms with Gasteiger partial charge in [-0.25, -0.2) is 9.59 Å². The maximum Gasteiger partial charge on any atom is 0.332 e. The number of urea groups is 1. The van der Waals surface area contributed by atoms with Crippen molar-refractivity contribution in [2.24, 2.45) is 5.73 Å². The van der Waals surface area contributed by atoms with E-state index in [0.29, 0.717) is 31.0 Å². The lowest BCUT2D eigenvalue weighted by Gasteiger charge is -2.46. The van der Waals surface area contributed by atoms with Crippen molar-refractivity contribution in [2.45, 2.75) is 30.9 Å². The molecule has 5 rings (SSSR count). The number of ether oxygens (including phenoxy) is 2. The van der Waals surface area contributed by atoms with Crippen molar-refractivity contribution in [2.75, 3.05) is 37.0 Å². The standard InChI is InChI=1S/C35H36N4O7/c1-44-33(42)35(39(31(40)30-16-9-21-45-30)28-15-8-14-27(22-28)37-34(36)43)17-19-38(20-18-35)23-29(26-12-6-3-7-13-26)32(41)46-24-25-10-4-2-5-11-25/h2-16,21-22,29H,17-20,23-24H2,1H3,(H3,36,37,43). The molecule has 1 aromatic heterocycles. The van der Waals surface area contributed by atoms with Crippen molar-refractivity contribution in [3.63, 3.8) is 0 Å². The number of benzene rings is 3. The van der Waals surface area contributed by atoms with E-state index < -0.39 is 29.4 Å². The number of piperidine rings is 1. The van der Waals surface area contributed by atoms with Crippen LogP contribution in [-0.4, -0.2) is 61.1 Å². The van der Waals surface area contributed by atoms with Gasteiger partial charge in [-0.1, -0.05) is 66.7 Å². The predicted octanol–water partition coefficient (Wildman–Crippen LogP) is 4.95. The number of amides is 3. The van der Waals surface area contributed by atoms with Crippen molar-refractivity contribution < 1.29 is 33.1 Å². The van der Waals surface area contributed by atoms with Crippen LogP contribution in [0.4, 0.5) is 16.2 Å². The van der Waals surface area contributed by atoms with Crippen molar-refractivity contribution in [1.82, 2.24) is 4.90 Å². The highest BCUT2D eigenvalue weighted by Crippen LogP contribution is 2.38. The van der Waals surface area contributed by atoms with Gasteiger partial charge in [0.15, 0.2) is 5.76 Å². The molecule has 238 valence electrons. The summed E-state index contributed by atoms with van der Waals surface area (Å²) in [5, 5.41) is 2.52. The van der Waals surface area contributed by atoms with Crippen molar-refractivity contribution >= 4 is 35.3 Å². The summed E-state index contributed by atoms with van der Waals surface area (Å²) in [5.74, 6) is -2.04. The van der Waals surface area contributed by atoms with Gasteiger partial charge in [0.2, 0.25) is 0 Å². The van der Waals surface area contributed by atoms with Gasteiger partial charge >= 0.3 is 18.0 Å². The van der Waals surface area contributed by atoms with Gasteiger partial charge in [0, 0.05) is 31.0 Å². The molecule has 3 aromatic carbocycles. The smallest absolute Gasteiger partial charge is 0.332 e. The van der Waals surface area contributed by atoms with E-state index in [1.807, 2.05) is 60.7 Å². The number of rotatable bonds is 11. The summed E-state index contributed by atoms with van der Waals surface area (Å²) in [7, 11) is 1.28. The number of methoxy groups -OCH3 is 1. The molecular weight excluding hydrogens is 588 g/mol. The van der Waals surface area contributed by atoms with Crippen LogP contribution in [0.5, 0.6) is 0 Å². The summed E-state index contributed by atoms with van der Waals surface area (Å²) in [5.41, 5.74) is 6.31. The van der Waals surface area contributed by atoms with Crippen molar-refractivity contribution in [3.05, 3.63) is 120 Å². The molecule has 0 aliphatic carbocycles. The number of likely N-dealkylation sites (tertiary alicyclic amines) is 1. The first-order valence-electron chi connectivity index (χ1n) is 14.9. The summed E-state index contributed by atoms with van der Waals surface area (Å²) in [6, 6.07) is 27.8. The molecule has 1 atom stereocenters. The molecule has 1 aliphatic heterocycles. The van der Waals surface area contributed by atoms with E-state index in [4.69, 9.17) is 19.6 Å². The first-order valence-corrected chi connectivity index (χ1v) is 14.9. The molecule has 0 bridgehead atoms. The lowest BCUT2D eigenvalue weighted by Crippen LogP contribution is -2.63. The van der Waals surface area contributed by atoms with Crippen LogP contribution in [0.2, 0.25) is 0 Å². The van der Waals surface area contributed by atoms with Gasteiger partial charge in [0.1, 0.15) is 12.1 Å². The number of hydrogen-bond donors (Lipinski definition) is 2. The van der Waals surface area contributed by atoms with Crippen LogP contribution in [0.1, 0.15) is 40.4 Å². The summed E-state index contributed by atoms with van der Waals surface area (Å²) >= 11 is 0. The lowest BCUT2D eigenvalue weighted by molar-refractivity contribution is -0.150. The molecule has 3 amide bonds. The number of nitrogens with zero attached hydrogens (tertiary/aromatic N) is 2. The van der Waals surface area contributed by atoms with E-state index in [2.05, 4.69) is 10.2 Å². The molecule has 0 spiro atoms. The number of nitrogens with one attached hydrogen (secondary N) is 1. The Labute approximate surface area is 266 Å². The zero-order chi connectivity index (χ0) is 32.5. The summed E-state index contributed by atoms with van der Waals surface area (Å²) in [6.07, 6.45) is 1.77. The predicted molar refractivity (Wildman–Crippen MR) is 171 cm³/mol. The fraction of sp³-hybridized carbons (Fsp3) is 0.257. The molecule has 1 aliphatic rings. The molecule has 11 heteroatoms. The maximum absolute atomic E-state index is 14.0. The van der Waals surface area contributed by atoms with Gasteiger partial charge in [0.05, 0.1) is 19.3 Å². The molecule has 1 unspecified atom stereocenters. The number of carbonyl (C=O) groups excluding carboxylic acids is 4. The van der Waals surface area contributed by atoms with Crippen LogP contribution in [0.25, 0.3) is 0 Å². The highest BCUT2D eigenvalue weighted by Gasteiger charge is 2.51. The van der Waals surface area contributed by atoms with Crippen molar-refractivity contribution in [3.8, 4) is 0 Å². The number of nitrogens with two attached hydrogens (primary N) is 1. The average molecular weight is 625 g/mol. The molecule has 11 nitrogen and oxygen atoms in total. The summed E-state index contributed by atoms with van der Waals surface area (Å²) in [6.45, 7) is 1.23. The van der Waals surface area contributed by atoms with E-state index in [-0.39, 0.29) is 31.2 Å². The second-order valence-corrected chi connectivity index (χ2v) is 11.0. The molecule has 1 fully saturated rings. The zero-order valence-electron chi connectivity index (χ0n) is 25.5. The molecule has 0 saturated carbocycles. The van der Waals surface area contributed by atoms with Gasteiger partial charge in [-0.3, -0.25) is 14.5 Å². The number of primary amides is 1. The van der Waals surface area contributed by atoms with Gasteiger partial charge in [-0.05, 0) is 54.3 Å². The minimum absolute atomic E-state index is 0.0317. The second kappa shape index (κ2) is 14.6. The minimum Gasteiger partial charge on any atom is -0.467 e. The molecular formula is C35H36N4O7. The first-order chi connectivity index (χ1) is 22.3. The Morgan fingerprint density at radius 3 is 2.26 bits per heavy atom. The lowest BCUT2D eigenvalue weighted by atomic mass is 9.84. The topological polar surface area (TPSA) is 144 Å². The summed E-state index contributed by atoms with van der Waals surface area (Å²) < 4.78 is 16.5. The molecule has 2 heterocycles. The fourth-order valence-corrected chi connectivity index (χ4v) is 5.84. The molecule has 4 aromatic rings. The number of hydrogen-bond acceptors (Lipinski definition) is 8. The highest BCUT2D eigenvalue weighted by molar-refractivity contribution is 6.10. The van der Waals surface area contributed by atoms with Crippen LogP contribution in [0.15, 0.2) is 108 Å². The van der Waals surface area contributed by atoms with Crippen LogP contribution in [0.3, 0.4) is 0 Å². The number of furan rings is 1. The third-order valence-electron chi connectivity index (χ3n) is 8.13. The Morgan fingerprint density at radius 2 is 1.63 bits per heavy atom. The third kappa shape index (κ3) is 7.27. The molecule has 0 radical (unpaired) electrons. The Kier molecular flexibility index (Phi) is 10.1. The number of carbonyl (C=O) groups is 4. The summed E-state index contributed by atoms with van der Waals surface area (Å²) in [4.78, 5) is 56.2. The normalized spacial score (nSPS) is 14.9. The quantitative estimate of drug-likeness (QED) is 0.223. The van der Waals surface area contributed by atoms with Crippen LogP contribution in [-0.2, 0) is 25.7 Å². The van der Waals surface area contributed by atoms with E-state index in [1.54, 1.807) is 30.3 Å². The molecule has 46 heavy (non-hydrogen) atoms. The largest absolute Gasteiger partial charge is 0.467 e. The number of esters is 2. The van der Waals surface area contributed by atoms with E-state index in [0.717, 1.165) is 11.1 Å². The molecule has 1 saturated heterocycles. The van der Waals surface area contributed by atoms with Gasteiger partial charge in [0.25, 0.3) is 5.91 Å². The number of anilines is 2. The highest BCUT2D eigenvalue weighted by atomic mass is 16.5. The fourth-order valence-electron chi connectivity index (χ4n) is 5.84. The molecule has 3 N–H and O–H groups in total. The monoisotopic (exact) mass is 624 g/mol. The maximum atomic E-state index is 14.0. The minimum atomic E-state index is -1.42. The zero-order valence-corrected chi connectivity index (χ0v) is 25.5.